The maximum Gasteiger partial charge on any atom is 0.283 e. The summed E-state index contributed by atoms with van der Waals surface area (Å²) in [6.45, 7) is 0. The van der Waals surface area contributed by atoms with Crippen molar-refractivity contribution < 1.29 is 26.7 Å². The predicted molar refractivity (Wildman–Crippen MR) is 93.0 cm³/mol. The smallest absolute Gasteiger partial charge is 0.283 e. The number of H-pyrrole nitrogens is 1. The van der Waals surface area contributed by atoms with Crippen molar-refractivity contribution in [2.45, 2.75) is 6.43 Å². The first-order chi connectivity index (χ1) is 13.2. The molecule has 0 aliphatic rings. The molecule has 4 nitrogen and oxygen atoms in total. The minimum absolute atomic E-state index is 0.0490. The summed E-state index contributed by atoms with van der Waals surface area (Å²) in [5, 5.41) is 5.05. The van der Waals surface area contributed by atoms with Crippen LogP contribution in [-0.4, -0.2) is 23.2 Å². The van der Waals surface area contributed by atoms with Crippen LogP contribution in [0.25, 0.3) is 11.1 Å². The summed E-state index contributed by atoms with van der Waals surface area (Å²) < 4.78 is 67.3. The number of nitrogens with one attached hydrogen (secondary N) is 1. The molecular weight excluding hydrogens is 405 g/mol. The van der Waals surface area contributed by atoms with Crippen LogP contribution in [0.4, 0.5) is 27.6 Å². The second kappa shape index (κ2) is 7.59. The molecule has 28 heavy (non-hydrogen) atoms. The van der Waals surface area contributed by atoms with Crippen LogP contribution in [0, 0.1) is 17.5 Å². The van der Waals surface area contributed by atoms with Gasteiger partial charge in [-0.15, -0.1) is 0 Å². The van der Waals surface area contributed by atoms with Gasteiger partial charge < -0.3 is 4.90 Å². The number of benzene rings is 2. The van der Waals surface area contributed by atoms with E-state index in [9.17, 15) is 26.7 Å². The van der Waals surface area contributed by atoms with Gasteiger partial charge in [-0.3, -0.25) is 9.89 Å². The van der Waals surface area contributed by atoms with Crippen molar-refractivity contribution in [1.82, 2.24) is 10.2 Å². The van der Waals surface area contributed by atoms with Gasteiger partial charge in [0.25, 0.3) is 12.3 Å². The summed E-state index contributed by atoms with van der Waals surface area (Å²) in [4.78, 5) is 13.7. The molecule has 0 bridgehead atoms. The zero-order valence-electron chi connectivity index (χ0n) is 14.1. The molecule has 10 heteroatoms. The lowest BCUT2D eigenvalue weighted by Gasteiger charge is -2.21. The van der Waals surface area contributed by atoms with E-state index in [1.54, 1.807) is 0 Å². The monoisotopic (exact) mass is 415 g/mol. The third-order valence-corrected chi connectivity index (χ3v) is 4.31. The van der Waals surface area contributed by atoms with Crippen molar-refractivity contribution in [3.63, 3.8) is 0 Å². The molecule has 3 aromatic rings. The largest absolute Gasteiger partial charge is 0.311 e. The molecule has 146 valence electrons. The maximum atomic E-state index is 14.2. The summed E-state index contributed by atoms with van der Waals surface area (Å²) in [6.07, 6.45) is -3.06. The number of halogens is 6. The number of nitrogens with zero attached hydrogens (tertiary/aromatic N) is 2. The molecule has 1 N–H and O–H groups in total. The van der Waals surface area contributed by atoms with Gasteiger partial charge in [-0.2, -0.15) is 5.10 Å². The van der Waals surface area contributed by atoms with Crippen molar-refractivity contribution in [2.24, 2.45) is 0 Å². The Labute approximate surface area is 160 Å². The number of carbonyl (C=O) groups excluding carboxylic acids is 1. The molecule has 0 atom stereocenters. The maximum absolute atomic E-state index is 14.2. The van der Waals surface area contributed by atoms with Crippen molar-refractivity contribution >= 4 is 23.2 Å². The predicted octanol–water partition coefficient (Wildman–Crippen LogP) is 5.36. The Morgan fingerprint density at radius 2 is 1.71 bits per heavy atom. The van der Waals surface area contributed by atoms with Gasteiger partial charge in [0.1, 0.15) is 22.2 Å². The lowest BCUT2D eigenvalue weighted by atomic mass is 10.0. The van der Waals surface area contributed by atoms with Crippen LogP contribution in [0.1, 0.15) is 22.5 Å². The van der Waals surface area contributed by atoms with Crippen molar-refractivity contribution in [2.75, 3.05) is 11.9 Å². The number of hydrogen-bond donors (Lipinski definition) is 1. The first-order valence-corrected chi connectivity index (χ1v) is 8.14. The summed E-state index contributed by atoms with van der Waals surface area (Å²) >= 11 is 5.79. The van der Waals surface area contributed by atoms with E-state index in [1.807, 2.05) is 0 Å². The fraction of sp³-hybridized carbons (Fsp3) is 0.111. The molecular formula is C18H11ClF5N3O. The number of hydrogen-bond acceptors (Lipinski definition) is 2. The number of anilines is 1. The van der Waals surface area contributed by atoms with Crippen LogP contribution in [-0.2, 0) is 0 Å². The zero-order chi connectivity index (χ0) is 20.6. The topological polar surface area (TPSA) is 49.0 Å². The Morgan fingerprint density at radius 1 is 1.07 bits per heavy atom. The number of rotatable bonds is 4. The van der Waals surface area contributed by atoms with Crippen molar-refractivity contribution in [3.05, 3.63) is 70.3 Å². The molecule has 1 amide bonds. The standard InChI is InChI=1S/C18H11ClF5N3O/c1-27(18(28)14-15(17(23)24)25-26-16(14)19)13-5-3-2-4-8(13)9-6-11(21)12(22)7-10(9)20/h2-7,17H,1H3,(H,25,26). The summed E-state index contributed by atoms with van der Waals surface area (Å²) in [7, 11) is 1.25. The van der Waals surface area contributed by atoms with Gasteiger partial charge in [-0.1, -0.05) is 29.8 Å². The molecule has 0 saturated heterocycles. The van der Waals surface area contributed by atoms with Crippen LogP contribution in [0.5, 0.6) is 0 Å². The number of para-hydroxylation sites is 1. The molecule has 0 saturated carbocycles. The molecule has 2 aromatic carbocycles. The number of amides is 1. The van der Waals surface area contributed by atoms with E-state index in [1.165, 1.54) is 31.3 Å². The van der Waals surface area contributed by atoms with Gasteiger partial charge >= 0.3 is 0 Å². The normalized spacial score (nSPS) is 11.1. The summed E-state index contributed by atoms with van der Waals surface area (Å²) in [6, 6.07) is 6.80. The van der Waals surface area contributed by atoms with E-state index in [0.29, 0.717) is 12.1 Å². The van der Waals surface area contributed by atoms with E-state index in [-0.39, 0.29) is 22.0 Å². The van der Waals surface area contributed by atoms with Crippen LogP contribution < -0.4 is 4.90 Å². The van der Waals surface area contributed by atoms with Crippen molar-refractivity contribution in [1.29, 1.82) is 0 Å². The first-order valence-electron chi connectivity index (χ1n) is 7.76. The zero-order valence-corrected chi connectivity index (χ0v) is 14.9. The number of aromatic amines is 1. The second-order valence-corrected chi connectivity index (χ2v) is 6.10. The lowest BCUT2D eigenvalue weighted by molar-refractivity contribution is 0.0978. The van der Waals surface area contributed by atoms with Crippen LogP contribution >= 0.6 is 11.6 Å². The molecule has 0 aliphatic carbocycles. The van der Waals surface area contributed by atoms with E-state index in [4.69, 9.17) is 11.6 Å². The molecule has 3 rings (SSSR count). The Kier molecular flexibility index (Phi) is 5.37. The number of aromatic nitrogens is 2. The minimum atomic E-state index is -3.06. The third kappa shape index (κ3) is 3.45. The van der Waals surface area contributed by atoms with E-state index in [0.717, 1.165) is 4.90 Å². The van der Waals surface area contributed by atoms with Gasteiger partial charge in [-0.25, -0.2) is 22.0 Å². The highest BCUT2D eigenvalue weighted by atomic mass is 35.5. The van der Waals surface area contributed by atoms with E-state index >= 15 is 0 Å². The molecule has 0 fully saturated rings. The fourth-order valence-electron chi connectivity index (χ4n) is 2.69. The number of alkyl halides is 2. The van der Waals surface area contributed by atoms with Crippen molar-refractivity contribution in [3.8, 4) is 11.1 Å². The Balaban J connectivity index is 2.10. The molecule has 0 aliphatic heterocycles. The fourth-order valence-corrected chi connectivity index (χ4v) is 2.91. The lowest BCUT2D eigenvalue weighted by Crippen LogP contribution is -2.27. The highest BCUT2D eigenvalue weighted by Crippen LogP contribution is 2.35. The average molecular weight is 416 g/mol. The molecule has 0 radical (unpaired) electrons. The van der Waals surface area contributed by atoms with Gasteiger partial charge in [-0.05, 0) is 12.1 Å². The van der Waals surface area contributed by atoms with Crippen LogP contribution in [0.15, 0.2) is 36.4 Å². The Hall–Kier alpha value is -2.94. The van der Waals surface area contributed by atoms with Crippen LogP contribution in [0.2, 0.25) is 5.15 Å². The van der Waals surface area contributed by atoms with Gasteiger partial charge in [0.2, 0.25) is 0 Å². The average Bonchev–Trinajstić information content (AvgIpc) is 3.05. The van der Waals surface area contributed by atoms with Gasteiger partial charge in [0.15, 0.2) is 11.6 Å². The first kappa shape index (κ1) is 19.8. The quantitative estimate of drug-likeness (QED) is 0.460. The Bertz CT molecular complexity index is 1050. The summed E-state index contributed by atoms with van der Waals surface area (Å²) in [5.74, 6) is -4.64. The highest BCUT2D eigenvalue weighted by Gasteiger charge is 2.29. The van der Waals surface area contributed by atoms with Crippen LogP contribution in [0.3, 0.4) is 0 Å². The molecule has 1 aromatic heterocycles. The van der Waals surface area contributed by atoms with E-state index in [2.05, 4.69) is 10.2 Å². The van der Waals surface area contributed by atoms with E-state index < -0.39 is 41.0 Å². The van der Waals surface area contributed by atoms with Gasteiger partial charge in [0.05, 0.1) is 5.69 Å². The Morgan fingerprint density at radius 3 is 2.39 bits per heavy atom. The summed E-state index contributed by atoms with van der Waals surface area (Å²) in [5.41, 5.74) is -1.57. The highest BCUT2D eigenvalue weighted by molar-refractivity contribution is 6.33. The SMILES string of the molecule is CN(C(=O)c1c(C(F)F)n[nH]c1Cl)c1ccccc1-c1cc(F)c(F)cc1F. The molecule has 0 unspecified atom stereocenters. The minimum Gasteiger partial charge on any atom is -0.311 e. The third-order valence-electron chi connectivity index (χ3n) is 4.04. The van der Waals surface area contributed by atoms with Gasteiger partial charge in [0, 0.05) is 24.2 Å². The molecule has 1 heterocycles. The molecule has 0 spiro atoms. The number of carbonyl (C=O) groups is 1. The second-order valence-electron chi connectivity index (χ2n) is 5.73.